The van der Waals surface area contributed by atoms with Crippen molar-refractivity contribution < 1.29 is 14.3 Å². The molecule has 4 rings (SSSR count). The van der Waals surface area contributed by atoms with Crippen molar-refractivity contribution in [3.63, 3.8) is 0 Å². The van der Waals surface area contributed by atoms with Crippen molar-refractivity contribution in [1.82, 2.24) is 10.6 Å². The molecule has 1 unspecified atom stereocenters. The molecule has 2 aliphatic rings. The number of ether oxygens (including phenoxy) is 1. The van der Waals surface area contributed by atoms with Gasteiger partial charge in [-0.2, -0.15) is 0 Å². The third-order valence-corrected chi connectivity index (χ3v) is 4.56. The molecule has 26 heavy (non-hydrogen) atoms. The molecule has 3 N–H and O–H groups in total. The topological polar surface area (TPSA) is 79.5 Å². The quantitative estimate of drug-likeness (QED) is 0.791. The maximum atomic E-state index is 12.7. The summed E-state index contributed by atoms with van der Waals surface area (Å²) < 4.78 is 5.63. The summed E-state index contributed by atoms with van der Waals surface area (Å²) in [4.78, 5) is 24.5. The molecule has 1 fully saturated rings. The van der Waals surface area contributed by atoms with Crippen LogP contribution >= 0.6 is 0 Å². The number of amides is 3. The Morgan fingerprint density at radius 3 is 2.65 bits per heavy atom. The average Bonchev–Trinajstić information content (AvgIpc) is 3.46. The first-order valence-electron chi connectivity index (χ1n) is 8.89. The van der Waals surface area contributed by atoms with E-state index >= 15 is 0 Å². The van der Waals surface area contributed by atoms with Crippen LogP contribution in [0.2, 0.25) is 0 Å². The minimum Gasteiger partial charge on any atom is -0.493 e. The molecular formula is C20H21N3O3. The van der Waals surface area contributed by atoms with Crippen molar-refractivity contribution in [2.75, 3.05) is 11.9 Å². The van der Waals surface area contributed by atoms with Gasteiger partial charge in [-0.05, 0) is 37.1 Å². The number of hydrogen-bond donors (Lipinski definition) is 3. The van der Waals surface area contributed by atoms with Crippen LogP contribution in [0.5, 0.6) is 5.75 Å². The summed E-state index contributed by atoms with van der Waals surface area (Å²) in [5, 5.41) is 8.71. The molecule has 0 bridgehead atoms. The summed E-state index contributed by atoms with van der Waals surface area (Å²) in [5.74, 6) is 0.647. The maximum Gasteiger partial charge on any atom is 0.319 e. The fourth-order valence-corrected chi connectivity index (χ4v) is 3.05. The number of carbonyl (C=O) groups is 2. The fourth-order valence-electron chi connectivity index (χ4n) is 3.05. The minimum atomic E-state index is -0.233. The Labute approximate surface area is 151 Å². The number of urea groups is 1. The molecule has 0 radical (unpaired) electrons. The Hall–Kier alpha value is -3.02. The second-order valence-corrected chi connectivity index (χ2v) is 6.65. The zero-order chi connectivity index (χ0) is 17.9. The van der Waals surface area contributed by atoms with Crippen LogP contribution < -0.4 is 20.7 Å². The Morgan fingerprint density at radius 1 is 0.962 bits per heavy atom. The van der Waals surface area contributed by atoms with Gasteiger partial charge in [-0.1, -0.05) is 24.3 Å². The molecule has 134 valence electrons. The molecule has 1 saturated carbocycles. The van der Waals surface area contributed by atoms with Crippen molar-refractivity contribution in [2.24, 2.45) is 0 Å². The Bertz CT molecular complexity index is 833. The van der Waals surface area contributed by atoms with Gasteiger partial charge in [-0.15, -0.1) is 0 Å². The van der Waals surface area contributed by atoms with E-state index in [0.717, 1.165) is 30.6 Å². The van der Waals surface area contributed by atoms with E-state index in [2.05, 4.69) is 16.0 Å². The van der Waals surface area contributed by atoms with E-state index in [1.54, 1.807) is 24.3 Å². The van der Waals surface area contributed by atoms with Crippen molar-refractivity contribution in [3.8, 4) is 5.75 Å². The van der Waals surface area contributed by atoms with Gasteiger partial charge in [0.15, 0.2) is 0 Å². The number of hydrogen-bond acceptors (Lipinski definition) is 3. The number of nitrogens with one attached hydrogen (secondary N) is 3. The van der Waals surface area contributed by atoms with Crippen molar-refractivity contribution >= 4 is 17.6 Å². The highest BCUT2D eigenvalue weighted by atomic mass is 16.5. The number of carbonyl (C=O) groups excluding carboxylic acids is 2. The van der Waals surface area contributed by atoms with Crippen LogP contribution in [0.15, 0.2) is 48.5 Å². The lowest BCUT2D eigenvalue weighted by atomic mass is 10.00. The summed E-state index contributed by atoms with van der Waals surface area (Å²) in [7, 11) is 0. The van der Waals surface area contributed by atoms with Gasteiger partial charge in [-0.25, -0.2) is 4.79 Å². The highest BCUT2D eigenvalue weighted by Gasteiger charge is 2.24. The van der Waals surface area contributed by atoms with E-state index in [0.29, 0.717) is 17.9 Å². The Balaban J connectivity index is 1.43. The van der Waals surface area contributed by atoms with E-state index in [9.17, 15) is 9.59 Å². The van der Waals surface area contributed by atoms with Gasteiger partial charge in [0.05, 0.1) is 12.6 Å². The molecular weight excluding hydrogens is 330 g/mol. The van der Waals surface area contributed by atoms with Gasteiger partial charge in [-0.3, -0.25) is 4.79 Å². The molecule has 1 aliphatic heterocycles. The summed E-state index contributed by atoms with van der Waals surface area (Å²) in [6.45, 7) is 0.574. The minimum absolute atomic E-state index is 0.0813. The van der Waals surface area contributed by atoms with E-state index in [-0.39, 0.29) is 24.0 Å². The number of benzene rings is 2. The lowest BCUT2D eigenvalue weighted by molar-refractivity contribution is 0.0925. The number of fused-ring (bicyclic) bond motifs is 1. The summed E-state index contributed by atoms with van der Waals surface area (Å²) in [6.07, 6.45) is 2.79. The zero-order valence-electron chi connectivity index (χ0n) is 14.3. The average molecular weight is 351 g/mol. The predicted octanol–water partition coefficient (Wildman–Crippen LogP) is 3.22. The zero-order valence-corrected chi connectivity index (χ0v) is 14.3. The lowest BCUT2D eigenvalue weighted by Gasteiger charge is -2.26. The molecule has 1 aliphatic carbocycles. The SMILES string of the molecule is O=C(Nc1cccc(C(=O)NC2CCOc3ccccc32)c1)NC1CC1. The number of rotatable bonds is 4. The van der Waals surface area contributed by atoms with Crippen LogP contribution in [0.25, 0.3) is 0 Å². The highest BCUT2D eigenvalue weighted by Crippen LogP contribution is 2.31. The van der Waals surface area contributed by atoms with E-state index in [4.69, 9.17) is 4.74 Å². The highest BCUT2D eigenvalue weighted by molar-refractivity contribution is 5.97. The van der Waals surface area contributed by atoms with Gasteiger partial charge < -0.3 is 20.7 Å². The standard InChI is InChI=1S/C20H21N3O3/c24-19(23-17-10-11-26-18-7-2-1-6-16(17)18)13-4-3-5-15(12-13)22-20(25)21-14-8-9-14/h1-7,12,14,17H,8-11H2,(H,23,24)(H2,21,22,25). The van der Waals surface area contributed by atoms with Crippen molar-refractivity contribution in [3.05, 3.63) is 59.7 Å². The second kappa shape index (κ2) is 7.07. The first-order chi connectivity index (χ1) is 12.7. The fraction of sp³-hybridized carbons (Fsp3) is 0.300. The maximum absolute atomic E-state index is 12.7. The molecule has 2 aromatic carbocycles. The number of para-hydroxylation sites is 1. The first-order valence-corrected chi connectivity index (χ1v) is 8.89. The summed E-state index contributed by atoms with van der Waals surface area (Å²) in [5.41, 5.74) is 2.10. The van der Waals surface area contributed by atoms with Crippen LogP contribution in [-0.2, 0) is 0 Å². The predicted molar refractivity (Wildman–Crippen MR) is 98.4 cm³/mol. The Kier molecular flexibility index (Phi) is 4.48. The molecule has 3 amide bonds. The van der Waals surface area contributed by atoms with Gasteiger partial charge >= 0.3 is 6.03 Å². The molecule has 1 atom stereocenters. The van der Waals surface area contributed by atoms with Crippen LogP contribution in [0.4, 0.5) is 10.5 Å². The normalized spacial score (nSPS) is 18.2. The van der Waals surface area contributed by atoms with E-state index in [1.165, 1.54) is 0 Å². The van der Waals surface area contributed by atoms with E-state index < -0.39 is 0 Å². The number of anilines is 1. The van der Waals surface area contributed by atoms with Crippen LogP contribution in [0.1, 0.15) is 41.2 Å². The molecule has 6 nitrogen and oxygen atoms in total. The molecule has 0 saturated heterocycles. The third-order valence-electron chi connectivity index (χ3n) is 4.56. The Morgan fingerprint density at radius 2 is 1.81 bits per heavy atom. The van der Waals surface area contributed by atoms with Crippen molar-refractivity contribution in [1.29, 1.82) is 0 Å². The van der Waals surface area contributed by atoms with Gasteiger partial charge in [0.1, 0.15) is 5.75 Å². The summed E-state index contributed by atoms with van der Waals surface area (Å²) >= 11 is 0. The third kappa shape index (κ3) is 3.79. The van der Waals surface area contributed by atoms with Gasteiger partial charge in [0, 0.05) is 29.3 Å². The van der Waals surface area contributed by atoms with Crippen molar-refractivity contribution in [2.45, 2.75) is 31.3 Å². The summed E-state index contributed by atoms with van der Waals surface area (Å²) in [6, 6.07) is 14.7. The van der Waals surface area contributed by atoms with Crippen LogP contribution in [-0.4, -0.2) is 24.6 Å². The molecule has 6 heteroatoms. The first kappa shape index (κ1) is 16.4. The van der Waals surface area contributed by atoms with E-state index in [1.807, 2.05) is 24.3 Å². The molecule has 1 heterocycles. The second-order valence-electron chi connectivity index (χ2n) is 6.65. The van der Waals surface area contributed by atoms with Gasteiger partial charge in [0.2, 0.25) is 0 Å². The smallest absolute Gasteiger partial charge is 0.319 e. The monoisotopic (exact) mass is 351 g/mol. The lowest BCUT2D eigenvalue weighted by Crippen LogP contribution is -2.32. The molecule has 2 aromatic rings. The largest absolute Gasteiger partial charge is 0.493 e. The van der Waals surface area contributed by atoms with Crippen LogP contribution in [0, 0.1) is 0 Å². The molecule has 0 aromatic heterocycles. The van der Waals surface area contributed by atoms with Gasteiger partial charge in [0.25, 0.3) is 5.91 Å². The van der Waals surface area contributed by atoms with Crippen LogP contribution in [0.3, 0.4) is 0 Å². The molecule has 0 spiro atoms.